The Bertz CT molecular complexity index is 210. The monoisotopic (exact) mass is 248 g/mol. The summed E-state index contributed by atoms with van der Waals surface area (Å²) in [5, 5.41) is 0. The van der Waals surface area contributed by atoms with Gasteiger partial charge >= 0.3 is 29.2 Å². The largest absolute Gasteiger partial charge is 2.00 e. The molecule has 0 bridgehead atoms. The van der Waals surface area contributed by atoms with E-state index in [0.717, 1.165) is 12.1 Å². The maximum absolute atomic E-state index is 11.8. The molecule has 0 N–H and O–H groups in total. The maximum atomic E-state index is 11.8. The van der Waals surface area contributed by atoms with E-state index in [9.17, 15) is 13.2 Å². The van der Waals surface area contributed by atoms with E-state index < -0.39 is 11.7 Å². The van der Waals surface area contributed by atoms with Crippen molar-refractivity contribution in [1.29, 1.82) is 0 Å². The molecular weight excluding hydrogens is 245 g/mol. The molecule has 0 saturated carbocycles. The minimum absolute atomic E-state index is 0. The van der Waals surface area contributed by atoms with Gasteiger partial charge in [-0.3, -0.25) is 0 Å². The van der Waals surface area contributed by atoms with Crippen LogP contribution in [0.2, 0.25) is 0 Å². The van der Waals surface area contributed by atoms with Gasteiger partial charge in [-0.05, 0) is 0 Å². The van der Waals surface area contributed by atoms with Crippen LogP contribution in [-0.4, -0.2) is 23.1 Å². The van der Waals surface area contributed by atoms with Gasteiger partial charge in [0.15, 0.2) is 0 Å². The Labute approximate surface area is 95.1 Å². The zero-order valence-corrected chi connectivity index (χ0v) is 9.03. The number of halogens is 4. The van der Waals surface area contributed by atoms with Crippen LogP contribution < -0.4 is 17.0 Å². The third kappa shape index (κ3) is 4.32. The second kappa shape index (κ2) is 5.83. The Kier molecular flexibility index (Phi) is 7.17. The molecule has 0 aromatic heterocycles. The number of hydrogen-bond acceptors (Lipinski definition) is 0. The molecule has 5 heteroatoms. The van der Waals surface area contributed by atoms with Crippen molar-refractivity contribution in [3.8, 4) is 0 Å². The van der Waals surface area contributed by atoms with Gasteiger partial charge in [-0.2, -0.15) is 43.5 Å². The van der Waals surface area contributed by atoms with Gasteiger partial charge in [0.05, 0.1) is 0 Å². The summed E-state index contributed by atoms with van der Waals surface area (Å²) in [4.78, 5) is 0. The summed E-state index contributed by atoms with van der Waals surface area (Å²) in [6, 6.07) is 7.01. The van der Waals surface area contributed by atoms with E-state index in [1.807, 2.05) is 0 Å². The van der Waals surface area contributed by atoms with Crippen molar-refractivity contribution < 1.29 is 30.2 Å². The standard InChI is InChI=1S/C7H4F3.BrH.Mg/c8-7(9,10)6-4-2-1-3-5-6;;/h1-2,4-5H;1H;/q-1;;+2/p-1. The second-order valence-corrected chi connectivity index (χ2v) is 1.79. The third-order valence-electron chi connectivity index (χ3n) is 1.03. The van der Waals surface area contributed by atoms with E-state index in [1.54, 1.807) is 0 Å². The maximum Gasteiger partial charge on any atom is 2.00 e. The van der Waals surface area contributed by atoms with Crippen molar-refractivity contribution >= 4 is 23.1 Å². The number of benzene rings is 1. The molecule has 0 atom stereocenters. The molecule has 0 fully saturated rings. The van der Waals surface area contributed by atoms with Crippen LogP contribution in [0.25, 0.3) is 0 Å². The van der Waals surface area contributed by atoms with Crippen LogP contribution in [0.1, 0.15) is 5.56 Å². The molecule has 0 radical (unpaired) electrons. The Balaban J connectivity index is 0. The predicted molar refractivity (Wildman–Crippen MR) is 36.0 cm³/mol. The molecule has 0 spiro atoms. The first kappa shape index (κ1) is 14.8. The van der Waals surface area contributed by atoms with E-state index in [2.05, 4.69) is 6.07 Å². The van der Waals surface area contributed by atoms with Gasteiger partial charge in [0, 0.05) is 0 Å². The molecule has 0 heterocycles. The topological polar surface area (TPSA) is 0 Å². The average molecular weight is 249 g/mol. The number of hydrogen-bond donors (Lipinski definition) is 0. The third-order valence-corrected chi connectivity index (χ3v) is 1.03. The van der Waals surface area contributed by atoms with Crippen LogP contribution in [-0.2, 0) is 6.18 Å². The number of alkyl halides is 3. The molecule has 1 rings (SSSR count). The van der Waals surface area contributed by atoms with Gasteiger partial charge in [0.2, 0.25) is 0 Å². The van der Waals surface area contributed by atoms with Gasteiger partial charge in [0.25, 0.3) is 0 Å². The Hall–Kier alpha value is 0.256. The summed E-state index contributed by atoms with van der Waals surface area (Å²) in [5.41, 5.74) is -0.657. The summed E-state index contributed by atoms with van der Waals surface area (Å²) in [6.07, 6.45) is -4.24. The fourth-order valence-corrected chi connectivity index (χ4v) is 0.570. The summed E-state index contributed by atoms with van der Waals surface area (Å²) in [7, 11) is 0. The van der Waals surface area contributed by atoms with Crippen LogP contribution in [0.3, 0.4) is 0 Å². The van der Waals surface area contributed by atoms with E-state index in [4.69, 9.17) is 0 Å². The number of rotatable bonds is 0. The van der Waals surface area contributed by atoms with Crippen LogP contribution in [0.4, 0.5) is 13.2 Å². The van der Waals surface area contributed by atoms with E-state index in [-0.39, 0.29) is 40.0 Å². The summed E-state index contributed by atoms with van der Waals surface area (Å²) >= 11 is 0. The van der Waals surface area contributed by atoms with Gasteiger partial charge in [-0.15, -0.1) is 0 Å². The average Bonchev–Trinajstić information content (AvgIpc) is 1.88. The molecule has 62 valence electrons. The molecule has 0 unspecified atom stereocenters. The zero-order valence-electron chi connectivity index (χ0n) is 6.03. The summed E-state index contributed by atoms with van der Waals surface area (Å²) in [6.45, 7) is 0. The molecule has 0 nitrogen and oxygen atoms in total. The predicted octanol–water partition coefficient (Wildman–Crippen LogP) is -0.871. The molecule has 0 aliphatic rings. The molecule has 0 saturated heterocycles. The van der Waals surface area contributed by atoms with Crippen molar-refractivity contribution in [1.82, 2.24) is 0 Å². The van der Waals surface area contributed by atoms with Crippen molar-refractivity contribution in [2.24, 2.45) is 0 Å². The van der Waals surface area contributed by atoms with Crippen molar-refractivity contribution in [2.75, 3.05) is 0 Å². The van der Waals surface area contributed by atoms with Crippen LogP contribution in [0.5, 0.6) is 0 Å². The molecule has 0 aliphatic carbocycles. The first-order chi connectivity index (χ1) is 4.61. The van der Waals surface area contributed by atoms with Gasteiger partial charge < -0.3 is 17.0 Å². The van der Waals surface area contributed by atoms with E-state index >= 15 is 0 Å². The van der Waals surface area contributed by atoms with Crippen molar-refractivity contribution in [2.45, 2.75) is 6.18 Å². The zero-order chi connectivity index (χ0) is 7.61. The normalized spacial score (nSPS) is 9.58. The van der Waals surface area contributed by atoms with Crippen LogP contribution >= 0.6 is 0 Å². The SMILES string of the molecule is FC(F)(F)c1c[c-]ccc1.[Br-].[Mg+2]. The van der Waals surface area contributed by atoms with Gasteiger partial charge in [-0.1, -0.05) is 5.56 Å². The van der Waals surface area contributed by atoms with Crippen molar-refractivity contribution in [3.63, 3.8) is 0 Å². The molecule has 1 aromatic carbocycles. The smallest absolute Gasteiger partial charge is 1.00 e. The first-order valence-corrected chi connectivity index (χ1v) is 2.64. The van der Waals surface area contributed by atoms with Crippen molar-refractivity contribution in [3.05, 3.63) is 35.9 Å². The quantitative estimate of drug-likeness (QED) is 0.414. The first-order valence-electron chi connectivity index (χ1n) is 2.64. The molecule has 1 aromatic rings. The molecule has 0 aliphatic heterocycles. The summed E-state index contributed by atoms with van der Waals surface area (Å²) < 4.78 is 35.3. The second-order valence-electron chi connectivity index (χ2n) is 1.79. The van der Waals surface area contributed by atoms with Crippen LogP contribution in [0, 0.1) is 6.07 Å². The minimum Gasteiger partial charge on any atom is -1.00 e. The van der Waals surface area contributed by atoms with Gasteiger partial charge in [0.1, 0.15) is 0 Å². The van der Waals surface area contributed by atoms with Gasteiger partial charge in [-0.25, -0.2) is 0 Å². The Morgan fingerprint density at radius 3 is 2.08 bits per heavy atom. The Morgan fingerprint density at radius 1 is 1.25 bits per heavy atom. The fraction of sp³-hybridized carbons (Fsp3) is 0.143. The molecule has 0 amide bonds. The van der Waals surface area contributed by atoms with E-state index in [0.29, 0.717) is 0 Å². The van der Waals surface area contributed by atoms with Crippen LogP contribution in [0.15, 0.2) is 24.3 Å². The molecular formula is C7H4BrF3Mg. The fourth-order valence-electron chi connectivity index (χ4n) is 0.570. The minimum atomic E-state index is -4.24. The van der Waals surface area contributed by atoms with E-state index in [1.165, 1.54) is 12.1 Å². The Morgan fingerprint density at radius 2 is 1.83 bits per heavy atom. The molecule has 12 heavy (non-hydrogen) atoms. The summed E-state index contributed by atoms with van der Waals surface area (Å²) in [5.74, 6) is 0.